The Balaban J connectivity index is 3.84. The zero-order valence-corrected chi connectivity index (χ0v) is 17.9. The third-order valence-corrected chi connectivity index (χ3v) is 4.64. The summed E-state index contributed by atoms with van der Waals surface area (Å²) in [5.74, 6) is -1.37. The molecule has 0 aromatic rings. The van der Waals surface area contributed by atoms with Gasteiger partial charge in [-0.1, -0.05) is 71.1 Å². The van der Waals surface area contributed by atoms with Crippen molar-refractivity contribution in [1.29, 1.82) is 5.41 Å². The molecule has 0 spiro atoms. The number of rotatable bonds is 15. The lowest BCUT2D eigenvalue weighted by atomic mass is 9.48. The van der Waals surface area contributed by atoms with Gasteiger partial charge in [-0.3, -0.25) is 20.3 Å². The van der Waals surface area contributed by atoms with Gasteiger partial charge in [0.25, 0.3) is 0 Å². The monoisotopic (exact) mass is 377 g/mol. The number of nitrogens with zero attached hydrogens (tertiary/aromatic N) is 1. The van der Waals surface area contributed by atoms with E-state index in [-0.39, 0.29) is 18.4 Å². The smallest absolute Gasteiger partial charge is 0.323 e. The molecule has 3 N–H and O–H groups in total. The van der Waals surface area contributed by atoms with E-state index >= 15 is 0 Å². The molecule has 0 aromatic carbocycles. The van der Waals surface area contributed by atoms with Gasteiger partial charge in [-0.25, -0.2) is 0 Å². The minimum Gasteiger partial charge on any atom is -0.480 e. The Morgan fingerprint density at radius 1 is 0.926 bits per heavy atom. The van der Waals surface area contributed by atoms with Crippen LogP contribution in [0.3, 0.4) is 0 Å². The highest BCUT2D eigenvalue weighted by Crippen LogP contribution is 2.12. The number of amides is 1. The molecule has 0 bridgehead atoms. The van der Waals surface area contributed by atoms with E-state index < -0.39 is 11.2 Å². The van der Waals surface area contributed by atoms with Crippen LogP contribution in [0.1, 0.15) is 84.0 Å². The van der Waals surface area contributed by atoms with Crippen molar-refractivity contribution in [1.82, 2.24) is 10.2 Å². The van der Waals surface area contributed by atoms with E-state index in [1.165, 1.54) is 56.3 Å². The molecule has 0 atom stereocenters. The summed E-state index contributed by atoms with van der Waals surface area (Å²) in [4.78, 5) is 24.4. The van der Waals surface area contributed by atoms with Crippen LogP contribution in [-0.2, 0) is 9.59 Å². The van der Waals surface area contributed by atoms with Gasteiger partial charge in [0.2, 0.25) is 5.91 Å². The van der Waals surface area contributed by atoms with Crippen LogP contribution in [0.5, 0.6) is 0 Å². The Kier molecular flexibility index (Phi) is 13.9. The van der Waals surface area contributed by atoms with Gasteiger partial charge < -0.3 is 10.0 Å². The highest BCUT2D eigenvalue weighted by atomic mass is 16.4. The van der Waals surface area contributed by atoms with Gasteiger partial charge in [-0.05, 0) is 11.7 Å². The molecular formula is C18H38B3N3O3. The topological polar surface area (TPSA) is 93.5 Å². The van der Waals surface area contributed by atoms with Crippen molar-refractivity contribution in [3.63, 3.8) is 0 Å². The van der Waals surface area contributed by atoms with E-state index in [1.807, 2.05) is 23.5 Å². The van der Waals surface area contributed by atoms with Gasteiger partial charge in [0.05, 0.1) is 0 Å². The van der Waals surface area contributed by atoms with Gasteiger partial charge in [0, 0.05) is 6.42 Å². The first-order chi connectivity index (χ1) is 12.7. The lowest BCUT2D eigenvalue weighted by molar-refractivity contribution is -0.137. The predicted molar refractivity (Wildman–Crippen MR) is 120 cm³/mol. The van der Waals surface area contributed by atoms with E-state index in [2.05, 4.69) is 12.2 Å². The van der Waals surface area contributed by atoms with Crippen molar-refractivity contribution >= 4 is 41.4 Å². The Morgan fingerprint density at radius 2 is 1.37 bits per heavy atom. The van der Waals surface area contributed by atoms with E-state index in [9.17, 15) is 9.59 Å². The van der Waals surface area contributed by atoms with Gasteiger partial charge in [0.1, 0.15) is 30.1 Å². The molecule has 1 amide bonds. The second-order valence-corrected chi connectivity index (χ2v) is 8.33. The minimum absolute atomic E-state index is 0.141. The summed E-state index contributed by atoms with van der Waals surface area (Å²) in [6.45, 7) is 1.93. The molecule has 27 heavy (non-hydrogen) atoms. The molecule has 0 saturated carbocycles. The number of carbonyl (C=O) groups is 2. The van der Waals surface area contributed by atoms with Crippen molar-refractivity contribution in [2.45, 2.75) is 89.2 Å². The van der Waals surface area contributed by atoms with Crippen molar-refractivity contribution < 1.29 is 14.7 Å². The lowest BCUT2D eigenvalue weighted by Gasteiger charge is -2.36. The SMILES string of the molecule is BC(B)(B)N(CC(=O)O)C(=N)NC(=O)CCCCCCCCCCCCC. The average Bonchev–Trinajstić information content (AvgIpc) is 2.56. The summed E-state index contributed by atoms with van der Waals surface area (Å²) >= 11 is 0. The molecule has 0 radical (unpaired) electrons. The molecule has 9 heteroatoms. The molecule has 0 aliphatic carbocycles. The molecule has 0 fully saturated rings. The van der Waals surface area contributed by atoms with Crippen molar-refractivity contribution in [2.24, 2.45) is 0 Å². The Labute approximate surface area is 168 Å². The number of hydrogen-bond acceptors (Lipinski definition) is 3. The molecule has 0 unspecified atom stereocenters. The fourth-order valence-electron chi connectivity index (χ4n) is 3.00. The second-order valence-electron chi connectivity index (χ2n) is 8.33. The highest BCUT2D eigenvalue weighted by Gasteiger charge is 2.26. The van der Waals surface area contributed by atoms with Crippen molar-refractivity contribution in [3.05, 3.63) is 0 Å². The number of guanidine groups is 1. The molecule has 0 heterocycles. The number of hydrogen-bond donors (Lipinski definition) is 3. The van der Waals surface area contributed by atoms with Gasteiger partial charge >= 0.3 is 5.97 Å². The van der Waals surface area contributed by atoms with Crippen LogP contribution in [-0.4, -0.2) is 63.2 Å². The van der Waals surface area contributed by atoms with Crippen molar-refractivity contribution in [3.8, 4) is 0 Å². The van der Waals surface area contributed by atoms with E-state index in [0.717, 1.165) is 19.3 Å². The Bertz CT molecular complexity index is 457. The molecule has 0 aliphatic rings. The summed E-state index contributed by atoms with van der Waals surface area (Å²) in [6.07, 6.45) is 13.9. The maximum absolute atomic E-state index is 12.0. The summed E-state index contributed by atoms with van der Waals surface area (Å²) in [6, 6.07) is 0. The normalized spacial score (nSPS) is 11.1. The minimum atomic E-state index is -1.02. The summed E-state index contributed by atoms with van der Waals surface area (Å²) in [7, 11) is 5.46. The number of aliphatic carboxylic acids is 1. The first kappa shape index (κ1) is 25.6. The molecule has 152 valence electrons. The molecular weight excluding hydrogens is 339 g/mol. The quantitative estimate of drug-likeness (QED) is 0.169. The fraction of sp³-hybridized carbons (Fsp3) is 0.833. The molecule has 0 aromatic heterocycles. The van der Waals surface area contributed by atoms with Crippen LogP contribution in [0.15, 0.2) is 0 Å². The Hall–Kier alpha value is -1.40. The van der Waals surface area contributed by atoms with Gasteiger partial charge in [-0.2, -0.15) is 0 Å². The average molecular weight is 377 g/mol. The van der Waals surface area contributed by atoms with Gasteiger partial charge in [0.15, 0.2) is 5.96 Å². The number of nitrogens with one attached hydrogen (secondary N) is 2. The van der Waals surface area contributed by atoms with Crippen LogP contribution in [0, 0.1) is 5.41 Å². The van der Waals surface area contributed by atoms with Crippen LogP contribution in [0.4, 0.5) is 0 Å². The maximum Gasteiger partial charge on any atom is 0.323 e. The van der Waals surface area contributed by atoms with Crippen LogP contribution in [0.2, 0.25) is 0 Å². The van der Waals surface area contributed by atoms with Crippen LogP contribution >= 0.6 is 0 Å². The summed E-state index contributed by atoms with van der Waals surface area (Å²) in [5.41, 5.74) is 0. The molecule has 0 saturated heterocycles. The van der Waals surface area contributed by atoms with E-state index in [4.69, 9.17) is 10.5 Å². The maximum atomic E-state index is 12.0. The predicted octanol–water partition coefficient (Wildman–Crippen LogP) is 0.636. The summed E-state index contributed by atoms with van der Waals surface area (Å²) < 4.78 is 0. The summed E-state index contributed by atoms with van der Waals surface area (Å²) in [5, 5.41) is 19.0. The highest BCUT2D eigenvalue weighted by molar-refractivity contribution is 6.59. The molecule has 6 nitrogen and oxygen atoms in total. The zero-order chi connectivity index (χ0) is 20.7. The number of unbranched alkanes of at least 4 members (excludes halogenated alkanes) is 10. The molecule has 0 rings (SSSR count). The first-order valence-corrected chi connectivity index (χ1v) is 10.6. The second kappa shape index (κ2) is 14.6. The zero-order valence-electron chi connectivity index (χ0n) is 17.9. The third-order valence-electron chi connectivity index (χ3n) is 4.64. The lowest BCUT2D eigenvalue weighted by Crippen LogP contribution is -2.59. The number of carbonyl (C=O) groups excluding carboxylic acids is 1. The van der Waals surface area contributed by atoms with E-state index in [0.29, 0.717) is 6.42 Å². The Morgan fingerprint density at radius 3 is 1.78 bits per heavy atom. The van der Waals surface area contributed by atoms with Crippen LogP contribution < -0.4 is 5.32 Å². The number of carboxylic acid groups (broad SMARTS) is 1. The van der Waals surface area contributed by atoms with Gasteiger partial charge in [-0.15, -0.1) is 0 Å². The largest absolute Gasteiger partial charge is 0.480 e. The fourth-order valence-corrected chi connectivity index (χ4v) is 3.00. The standard InChI is InChI=1S/C18H38B3N3O3/c1-2-3-4-5-6-7-8-9-10-11-12-13-15(25)23-17(22)24(14-16(26)27)18(19,20)21/h2-14,19-21H2,1H3,(H,26,27)(H2,22,23,25). The van der Waals surface area contributed by atoms with E-state index in [1.54, 1.807) is 0 Å². The third kappa shape index (κ3) is 14.3. The van der Waals surface area contributed by atoms with Crippen molar-refractivity contribution in [2.75, 3.05) is 6.54 Å². The number of carboxylic acids is 1. The van der Waals surface area contributed by atoms with Crippen LogP contribution in [0.25, 0.3) is 0 Å². The first-order valence-electron chi connectivity index (χ1n) is 10.6. The molecule has 0 aliphatic heterocycles.